The quantitative estimate of drug-likeness (QED) is 0.312. The van der Waals surface area contributed by atoms with Crippen LogP contribution in [-0.2, 0) is 4.74 Å². The van der Waals surface area contributed by atoms with Crippen LogP contribution in [0.3, 0.4) is 0 Å². The number of hydrogen-bond acceptors (Lipinski definition) is 8. The zero-order valence-electron chi connectivity index (χ0n) is 26.3. The minimum atomic E-state index is -0.574. The van der Waals surface area contributed by atoms with Gasteiger partial charge in [-0.2, -0.15) is 0 Å². The first-order chi connectivity index (χ1) is 20.9. The third-order valence-corrected chi connectivity index (χ3v) is 8.06. The van der Waals surface area contributed by atoms with Crippen LogP contribution in [0.5, 0.6) is 0 Å². The molecule has 0 radical (unpaired) electrons. The Labute approximate surface area is 262 Å². The van der Waals surface area contributed by atoms with Gasteiger partial charge in [0.15, 0.2) is 0 Å². The van der Waals surface area contributed by atoms with Crippen LogP contribution in [0.1, 0.15) is 63.5 Å². The maximum Gasteiger partial charge on any atom is 0.410 e. The Kier molecular flexibility index (Phi) is 10.7. The van der Waals surface area contributed by atoms with Gasteiger partial charge in [0, 0.05) is 43.2 Å². The monoisotopic (exact) mass is 627 g/mol. The van der Waals surface area contributed by atoms with E-state index in [0.717, 1.165) is 17.9 Å². The Bertz CT molecular complexity index is 1440. The topological polar surface area (TPSA) is 113 Å². The molecule has 4 amide bonds. The zero-order chi connectivity index (χ0) is 32.0. The van der Waals surface area contributed by atoms with Gasteiger partial charge >= 0.3 is 12.1 Å². The number of imidazole rings is 1. The number of ether oxygens (including phenoxy) is 1. The van der Waals surface area contributed by atoms with E-state index in [9.17, 15) is 18.8 Å². The summed E-state index contributed by atoms with van der Waals surface area (Å²) in [4.78, 5) is 53.1. The molecule has 0 bridgehead atoms. The van der Waals surface area contributed by atoms with Gasteiger partial charge in [-0.25, -0.2) is 23.9 Å². The number of carbonyl (C=O) groups is 3. The molecule has 0 atom stereocenters. The van der Waals surface area contributed by atoms with Gasteiger partial charge in [0.05, 0.1) is 12.0 Å². The van der Waals surface area contributed by atoms with Crippen molar-refractivity contribution in [1.29, 1.82) is 0 Å². The van der Waals surface area contributed by atoms with Gasteiger partial charge in [-0.05, 0) is 91.9 Å². The van der Waals surface area contributed by atoms with Crippen LogP contribution in [0, 0.1) is 5.82 Å². The molecule has 238 valence electrons. The summed E-state index contributed by atoms with van der Waals surface area (Å²) in [6.07, 6.45) is 3.50. The average molecular weight is 628 g/mol. The number of halogens is 1. The zero-order valence-corrected chi connectivity index (χ0v) is 27.1. The van der Waals surface area contributed by atoms with Crippen LogP contribution < -0.4 is 5.32 Å². The molecule has 1 saturated heterocycles. The molecular weight excluding hydrogens is 585 g/mol. The highest BCUT2D eigenvalue weighted by atomic mass is 32.1. The second-order valence-corrected chi connectivity index (χ2v) is 12.9. The standard InChI is InChI=1S/C31H42FN7O4S/c1-7-38(29(41)33-15-8-16-36(5)6)28(40)24-19-44-27(35-24)26-25(21-9-11-22(32)12-10-21)34-20-39(26)23-13-17-37(18-14-23)30(42)43-31(2,3)4/h9-12,19-20,23H,7-8,13-18H2,1-6H3,(H,33,41). The van der Waals surface area contributed by atoms with E-state index in [1.807, 2.05) is 44.3 Å². The number of aromatic nitrogens is 3. The van der Waals surface area contributed by atoms with Crippen LogP contribution in [0.2, 0.25) is 0 Å². The number of urea groups is 1. The van der Waals surface area contributed by atoms with Gasteiger partial charge < -0.3 is 24.4 Å². The summed E-state index contributed by atoms with van der Waals surface area (Å²) in [6, 6.07) is 5.63. The lowest BCUT2D eigenvalue weighted by molar-refractivity contribution is 0.0188. The van der Waals surface area contributed by atoms with E-state index in [-0.39, 0.29) is 30.2 Å². The Hall–Kier alpha value is -3.84. The van der Waals surface area contributed by atoms with Crippen molar-refractivity contribution >= 4 is 29.4 Å². The first-order valence-electron chi connectivity index (χ1n) is 14.9. The Morgan fingerprint density at radius 1 is 1.14 bits per heavy atom. The highest BCUT2D eigenvalue weighted by Gasteiger charge is 2.31. The molecular formula is C31H42FN7O4S. The molecule has 0 aliphatic carbocycles. The Balaban J connectivity index is 1.58. The molecule has 0 spiro atoms. The predicted molar refractivity (Wildman–Crippen MR) is 168 cm³/mol. The van der Waals surface area contributed by atoms with E-state index < -0.39 is 17.5 Å². The second-order valence-electron chi connectivity index (χ2n) is 12.0. The van der Waals surface area contributed by atoms with Crippen LogP contribution in [-0.4, -0.2) is 99.7 Å². The summed E-state index contributed by atoms with van der Waals surface area (Å²) >= 11 is 1.29. The molecule has 44 heavy (non-hydrogen) atoms. The third kappa shape index (κ3) is 8.20. The van der Waals surface area contributed by atoms with E-state index >= 15 is 0 Å². The van der Waals surface area contributed by atoms with E-state index in [0.29, 0.717) is 54.4 Å². The van der Waals surface area contributed by atoms with Crippen LogP contribution in [0.25, 0.3) is 22.0 Å². The number of benzene rings is 1. The first-order valence-corrected chi connectivity index (χ1v) is 15.8. The van der Waals surface area contributed by atoms with Crippen LogP contribution in [0.15, 0.2) is 36.0 Å². The number of imide groups is 1. The second kappa shape index (κ2) is 14.3. The Morgan fingerprint density at radius 3 is 2.43 bits per heavy atom. The lowest BCUT2D eigenvalue weighted by atomic mass is 10.0. The van der Waals surface area contributed by atoms with E-state index in [2.05, 4.69) is 10.3 Å². The van der Waals surface area contributed by atoms with Crippen molar-refractivity contribution in [3.05, 3.63) is 47.5 Å². The summed E-state index contributed by atoms with van der Waals surface area (Å²) in [5.74, 6) is -0.841. The van der Waals surface area contributed by atoms with E-state index in [1.54, 1.807) is 35.7 Å². The summed E-state index contributed by atoms with van der Waals surface area (Å²) in [5.41, 5.74) is 1.61. The van der Waals surface area contributed by atoms with Gasteiger partial charge in [-0.15, -0.1) is 11.3 Å². The highest BCUT2D eigenvalue weighted by molar-refractivity contribution is 7.13. The number of thiazole rings is 1. The fourth-order valence-corrected chi connectivity index (χ4v) is 5.85. The first kappa shape index (κ1) is 33.1. The van der Waals surface area contributed by atoms with Crippen molar-refractivity contribution in [1.82, 2.24) is 34.6 Å². The normalized spacial score (nSPS) is 14.1. The van der Waals surface area contributed by atoms with Crippen molar-refractivity contribution in [2.24, 2.45) is 0 Å². The number of nitrogens with zero attached hydrogens (tertiary/aromatic N) is 6. The molecule has 0 saturated carbocycles. The number of rotatable bonds is 9. The number of carbonyl (C=O) groups excluding carboxylic acids is 3. The Morgan fingerprint density at radius 2 is 1.82 bits per heavy atom. The van der Waals surface area contributed by atoms with Gasteiger partial charge in [-0.3, -0.25) is 9.69 Å². The van der Waals surface area contributed by atoms with Gasteiger partial charge in [0.1, 0.15) is 27.8 Å². The van der Waals surface area contributed by atoms with Crippen molar-refractivity contribution in [2.45, 2.75) is 58.6 Å². The molecule has 3 heterocycles. The molecule has 2 aromatic heterocycles. The molecule has 11 nitrogen and oxygen atoms in total. The third-order valence-electron chi connectivity index (χ3n) is 7.21. The fraction of sp³-hybridized carbons (Fsp3) is 0.516. The molecule has 1 N–H and O–H groups in total. The van der Waals surface area contributed by atoms with Crippen molar-refractivity contribution < 1.29 is 23.5 Å². The number of likely N-dealkylation sites (tertiary alicyclic amines) is 1. The number of nitrogens with one attached hydrogen (secondary N) is 1. The molecule has 1 aliphatic heterocycles. The molecule has 1 aliphatic rings. The number of hydrogen-bond donors (Lipinski definition) is 1. The van der Waals surface area contributed by atoms with Crippen molar-refractivity contribution in [2.75, 3.05) is 46.8 Å². The maximum absolute atomic E-state index is 13.8. The van der Waals surface area contributed by atoms with Crippen molar-refractivity contribution in [3.8, 4) is 22.0 Å². The number of amides is 4. The van der Waals surface area contributed by atoms with E-state index in [4.69, 9.17) is 9.72 Å². The number of piperidine rings is 1. The summed E-state index contributed by atoms with van der Waals surface area (Å²) < 4.78 is 21.4. The minimum absolute atomic E-state index is 0.00789. The van der Waals surface area contributed by atoms with Crippen LogP contribution >= 0.6 is 11.3 Å². The average Bonchev–Trinajstić information content (AvgIpc) is 3.63. The SMILES string of the molecule is CCN(C(=O)NCCCN(C)C)C(=O)c1csc(-c2c(-c3ccc(F)cc3)ncn2C2CCN(C(=O)OC(C)(C)C)CC2)n1. The van der Waals surface area contributed by atoms with E-state index in [1.165, 1.54) is 23.5 Å². The van der Waals surface area contributed by atoms with Crippen LogP contribution in [0.4, 0.5) is 14.0 Å². The molecule has 4 rings (SSSR count). The smallest absolute Gasteiger partial charge is 0.410 e. The van der Waals surface area contributed by atoms with Gasteiger partial charge in [-0.1, -0.05) is 0 Å². The lowest BCUT2D eigenvalue weighted by Crippen LogP contribution is -2.44. The molecule has 3 aromatic rings. The van der Waals surface area contributed by atoms with Crippen molar-refractivity contribution in [3.63, 3.8) is 0 Å². The maximum atomic E-state index is 13.8. The molecule has 13 heteroatoms. The fourth-order valence-electron chi connectivity index (χ4n) is 5.01. The molecule has 1 aromatic carbocycles. The summed E-state index contributed by atoms with van der Waals surface area (Å²) in [6.45, 7) is 9.78. The van der Waals surface area contributed by atoms with Gasteiger partial charge in [0.25, 0.3) is 5.91 Å². The predicted octanol–water partition coefficient (Wildman–Crippen LogP) is 5.51. The van der Waals surface area contributed by atoms with Gasteiger partial charge in [0.2, 0.25) is 0 Å². The summed E-state index contributed by atoms with van der Waals surface area (Å²) in [7, 11) is 3.92. The lowest BCUT2D eigenvalue weighted by Gasteiger charge is -2.34. The molecule has 1 fully saturated rings. The largest absolute Gasteiger partial charge is 0.444 e. The molecule has 0 unspecified atom stereocenters. The highest BCUT2D eigenvalue weighted by Crippen LogP contribution is 2.37. The minimum Gasteiger partial charge on any atom is -0.444 e. The summed E-state index contributed by atoms with van der Waals surface area (Å²) in [5, 5.41) is 5.03.